The van der Waals surface area contributed by atoms with Gasteiger partial charge in [-0.1, -0.05) is 25.1 Å². The molecule has 0 aromatic heterocycles. The molecule has 0 aliphatic heterocycles. The predicted octanol–water partition coefficient (Wildman–Crippen LogP) is 3.92. The maximum Gasteiger partial charge on any atom is 0.123 e. The normalized spacial score (nSPS) is 20.6. The molecule has 19 heavy (non-hydrogen) atoms. The van der Waals surface area contributed by atoms with E-state index in [1.807, 2.05) is 6.07 Å². The second-order valence-electron chi connectivity index (χ2n) is 6.07. The molecule has 104 valence electrons. The average Bonchev–Trinajstić information content (AvgIpc) is 3.32. The monoisotopic (exact) mass is 259 g/mol. The van der Waals surface area contributed by atoms with Gasteiger partial charge in [-0.15, -0.1) is 0 Å². The van der Waals surface area contributed by atoms with E-state index in [2.05, 4.69) is 30.4 Å². The smallest absolute Gasteiger partial charge is 0.123 e. The van der Waals surface area contributed by atoms with E-state index in [1.54, 1.807) is 7.11 Å². The Bertz CT molecular complexity index is 411. The molecule has 0 amide bonds. The van der Waals surface area contributed by atoms with Crippen molar-refractivity contribution in [3.63, 3.8) is 0 Å². The van der Waals surface area contributed by atoms with Crippen molar-refractivity contribution in [3.8, 4) is 5.75 Å². The molecule has 1 atom stereocenters. The van der Waals surface area contributed by atoms with E-state index in [9.17, 15) is 0 Å². The summed E-state index contributed by atoms with van der Waals surface area (Å²) in [5.41, 5.74) is 1.32. The first-order valence-corrected chi connectivity index (χ1v) is 7.72. The fourth-order valence-electron chi connectivity index (χ4n) is 3.18. The zero-order valence-corrected chi connectivity index (χ0v) is 12.1. The molecule has 0 saturated heterocycles. The van der Waals surface area contributed by atoms with E-state index >= 15 is 0 Å². The lowest BCUT2D eigenvalue weighted by molar-refractivity contribution is 0.345. The number of para-hydroxylation sites is 1. The molecule has 1 aromatic rings. The van der Waals surface area contributed by atoms with Crippen molar-refractivity contribution in [1.29, 1.82) is 0 Å². The lowest BCUT2D eigenvalue weighted by atomic mass is 9.99. The average molecular weight is 259 g/mol. The molecular formula is C17H25NO. The SMILES string of the molecule is CCC(NC(C1CC1)C1CC1)c1ccccc1OC. The van der Waals surface area contributed by atoms with E-state index in [0.29, 0.717) is 6.04 Å². The highest BCUT2D eigenvalue weighted by molar-refractivity contribution is 5.36. The molecular weight excluding hydrogens is 234 g/mol. The largest absolute Gasteiger partial charge is 0.496 e. The van der Waals surface area contributed by atoms with Gasteiger partial charge in [-0.25, -0.2) is 0 Å². The van der Waals surface area contributed by atoms with Crippen molar-refractivity contribution >= 4 is 0 Å². The minimum Gasteiger partial charge on any atom is -0.496 e. The Morgan fingerprint density at radius 1 is 1.16 bits per heavy atom. The molecule has 0 radical (unpaired) electrons. The Hall–Kier alpha value is -1.02. The van der Waals surface area contributed by atoms with Gasteiger partial charge in [0, 0.05) is 17.6 Å². The molecule has 2 saturated carbocycles. The third-order valence-electron chi connectivity index (χ3n) is 4.58. The molecule has 2 aliphatic rings. The van der Waals surface area contributed by atoms with Gasteiger partial charge in [0.15, 0.2) is 0 Å². The van der Waals surface area contributed by atoms with Crippen LogP contribution in [-0.4, -0.2) is 13.2 Å². The van der Waals surface area contributed by atoms with Crippen molar-refractivity contribution < 1.29 is 4.74 Å². The van der Waals surface area contributed by atoms with E-state index in [-0.39, 0.29) is 0 Å². The highest BCUT2D eigenvalue weighted by Crippen LogP contribution is 2.45. The van der Waals surface area contributed by atoms with Crippen molar-refractivity contribution in [2.45, 2.75) is 51.1 Å². The number of benzene rings is 1. The van der Waals surface area contributed by atoms with Crippen molar-refractivity contribution in [1.82, 2.24) is 5.32 Å². The van der Waals surface area contributed by atoms with Crippen LogP contribution < -0.4 is 10.1 Å². The summed E-state index contributed by atoms with van der Waals surface area (Å²) < 4.78 is 5.52. The summed E-state index contributed by atoms with van der Waals surface area (Å²) >= 11 is 0. The molecule has 1 N–H and O–H groups in total. The van der Waals surface area contributed by atoms with E-state index in [4.69, 9.17) is 4.74 Å². The van der Waals surface area contributed by atoms with Crippen LogP contribution in [0.15, 0.2) is 24.3 Å². The Balaban J connectivity index is 1.75. The number of hydrogen-bond donors (Lipinski definition) is 1. The third-order valence-corrected chi connectivity index (χ3v) is 4.58. The van der Waals surface area contributed by atoms with Crippen LogP contribution in [0.1, 0.15) is 50.6 Å². The van der Waals surface area contributed by atoms with E-state index in [1.165, 1.54) is 31.2 Å². The number of methoxy groups -OCH3 is 1. The van der Waals surface area contributed by atoms with Crippen LogP contribution in [0.3, 0.4) is 0 Å². The second-order valence-corrected chi connectivity index (χ2v) is 6.07. The zero-order valence-electron chi connectivity index (χ0n) is 12.1. The fraction of sp³-hybridized carbons (Fsp3) is 0.647. The minimum absolute atomic E-state index is 0.433. The van der Waals surface area contributed by atoms with E-state index in [0.717, 1.165) is 30.0 Å². The van der Waals surface area contributed by atoms with Crippen molar-refractivity contribution in [2.75, 3.05) is 7.11 Å². The lowest BCUT2D eigenvalue weighted by Gasteiger charge is -2.26. The molecule has 2 aliphatic carbocycles. The summed E-state index contributed by atoms with van der Waals surface area (Å²) in [6.07, 6.45) is 6.83. The maximum atomic E-state index is 5.52. The molecule has 3 rings (SSSR count). The number of nitrogens with one attached hydrogen (secondary N) is 1. The Kier molecular flexibility index (Phi) is 3.79. The molecule has 0 spiro atoms. The van der Waals surface area contributed by atoms with Gasteiger partial charge in [0.25, 0.3) is 0 Å². The third kappa shape index (κ3) is 2.94. The second kappa shape index (κ2) is 5.54. The Labute approximate surface area is 116 Å². The van der Waals surface area contributed by atoms with Crippen LogP contribution in [-0.2, 0) is 0 Å². The number of ether oxygens (including phenoxy) is 1. The summed E-state index contributed by atoms with van der Waals surface area (Å²) in [6.45, 7) is 2.26. The Morgan fingerprint density at radius 3 is 2.32 bits per heavy atom. The first kappa shape index (κ1) is 13.0. The quantitative estimate of drug-likeness (QED) is 0.801. The molecule has 0 bridgehead atoms. The standard InChI is InChI=1S/C17H25NO/c1-3-15(14-6-4-5-7-16(14)19-2)18-17(12-8-9-12)13-10-11-13/h4-7,12-13,15,17-18H,3,8-11H2,1-2H3. The molecule has 2 nitrogen and oxygen atoms in total. The molecule has 1 aromatic carbocycles. The lowest BCUT2D eigenvalue weighted by Crippen LogP contribution is -2.36. The van der Waals surface area contributed by atoms with Gasteiger partial charge in [0.2, 0.25) is 0 Å². The zero-order chi connectivity index (χ0) is 13.2. The van der Waals surface area contributed by atoms with Gasteiger partial charge in [0.05, 0.1) is 7.11 Å². The minimum atomic E-state index is 0.433. The number of rotatable bonds is 7. The molecule has 2 fully saturated rings. The van der Waals surface area contributed by atoms with Gasteiger partial charge in [0.1, 0.15) is 5.75 Å². The highest BCUT2D eigenvalue weighted by Gasteiger charge is 2.42. The molecule has 2 heteroatoms. The fourth-order valence-corrected chi connectivity index (χ4v) is 3.18. The number of hydrogen-bond acceptors (Lipinski definition) is 2. The summed E-state index contributed by atoms with van der Waals surface area (Å²) in [5, 5.41) is 3.94. The molecule has 0 heterocycles. The van der Waals surface area contributed by atoms with Gasteiger partial charge < -0.3 is 10.1 Å². The summed E-state index contributed by atoms with van der Waals surface area (Å²) in [4.78, 5) is 0. The first-order valence-electron chi connectivity index (χ1n) is 7.72. The van der Waals surface area contributed by atoms with E-state index < -0.39 is 0 Å². The highest BCUT2D eigenvalue weighted by atomic mass is 16.5. The van der Waals surface area contributed by atoms with Crippen LogP contribution in [0.5, 0.6) is 5.75 Å². The van der Waals surface area contributed by atoms with Crippen LogP contribution in [0.25, 0.3) is 0 Å². The Morgan fingerprint density at radius 2 is 1.79 bits per heavy atom. The van der Waals surface area contributed by atoms with Gasteiger partial charge >= 0.3 is 0 Å². The van der Waals surface area contributed by atoms with Gasteiger partial charge in [-0.2, -0.15) is 0 Å². The van der Waals surface area contributed by atoms with Gasteiger partial charge in [-0.3, -0.25) is 0 Å². The maximum absolute atomic E-state index is 5.52. The van der Waals surface area contributed by atoms with Crippen LogP contribution in [0.4, 0.5) is 0 Å². The first-order chi connectivity index (χ1) is 9.33. The van der Waals surface area contributed by atoms with Crippen molar-refractivity contribution in [3.05, 3.63) is 29.8 Å². The predicted molar refractivity (Wildman–Crippen MR) is 78.4 cm³/mol. The van der Waals surface area contributed by atoms with Gasteiger partial charge in [-0.05, 0) is 50.0 Å². The summed E-state index contributed by atoms with van der Waals surface area (Å²) in [7, 11) is 1.77. The summed E-state index contributed by atoms with van der Waals surface area (Å²) in [6, 6.07) is 9.62. The molecule has 1 unspecified atom stereocenters. The van der Waals surface area contributed by atoms with Crippen molar-refractivity contribution in [2.24, 2.45) is 11.8 Å². The topological polar surface area (TPSA) is 21.3 Å². The summed E-state index contributed by atoms with van der Waals surface area (Å²) in [5.74, 6) is 2.90. The van der Waals surface area contributed by atoms with Crippen LogP contribution >= 0.6 is 0 Å². The van der Waals surface area contributed by atoms with Crippen LogP contribution in [0.2, 0.25) is 0 Å². The van der Waals surface area contributed by atoms with Crippen LogP contribution in [0, 0.1) is 11.8 Å².